The average molecular weight is 140 g/mol. The van der Waals surface area contributed by atoms with Gasteiger partial charge < -0.3 is 10.2 Å². The lowest BCUT2D eigenvalue weighted by Crippen LogP contribution is -1.97. The van der Waals surface area contributed by atoms with Crippen molar-refractivity contribution in [2.45, 2.75) is 0 Å². The second-order valence-corrected chi connectivity index (χ2v) is 1.60. The summed E-state index contributed by atoms with van der Waals surface area (Å²) < 4.78 is 0. The highest BCUT2D eigenvalue weighted by Gasteiger charge is 2.00. The second kappa shape index (κ2) is 3.50. The summed E-state index contributed by atoms with van der Waals surface area (Å²) in [7, 11) is 0. The minimum absolute atomic E-state index is 0.0764. The van der Waals surface area contributed by atoms with Gasteiger partial charge in [0.25, 0.3) is 0 Å². The molecule has 3 heteroatoms. The van der Waals surface area contributed by atoms with Gasteiger partial charge >= 0.3 is 5.97 Å². The number of rotatable bonds is 3. The van der Waals surface area contributed by atoms with Crippen molar-refractivity contribution in [2.75, 3.05) is 0 Å². The van der Waals surface area contributed by atoms with Crippen LogP contribution in [0.2, 0.25) is 0 Å². The largest absolute Gasteiger partial charge is 0.509 e. The van der Waals surface area contributed by atoms with Crippen LogP contribution in [0.4, 0.5) is 0 Å². The number of aliphatic hydroxyl groups excluding tert-OH is 1. The zero-order valence-corrected chi connectivity index (χ0v) is 5.37. The summed E-state index contributed by atoms with van der Waals surface area (Å²) in [6.07, 6.45) is 2.15. The molecule has 0 aliphatic carbocycles. The summed E-state index contributed by atoms with van der Waals surface area (Å²) >= 11 is 0. The molecule has 3 nitrogen and oxygen atoms in total. The molecule has 0 heterocycles. The maximum Gasteiger partial charge on any atom is 0.335 e. The minimum atomic E-state index is -1.13. The van der Waals surface area contributed by atoms with Crippen molar-refractivity contribution < 1.29 is 15.0 Å². The molecule has 54 valence electrons. The number of allylic oxidation sites excluding steroid dienone is 1. The van der Waals surface area contributed by atoms with Crippen LogP contribution in [-0.2, 0) is 4.79 Å². The molecular formula is C7H8O3. The molecular weight excluding hydrogens is 132 g/mol. The third-order valence-electron chi connectivity index (χ3n) is 0.789. The Labute approximate surface area is 58.6 Å². The van der Waals surface area contributed by atoms with Crippen LogP contribution >= 0.6 is 0 Å². The second-order valence-electron chi connectivity index (χ2n) is 1.60. The van der Waals surface area contributed by atoms with Gasteiger partial charge in [-0.1, -0.05) is 19.2 Å². The molecule has 0 aliphatic rings. The molecule has 0 spiro atoms. The van der Waals surface area contributed by atoms with Crippen molar-refractivity contribution in [1.29, 1.82) is 0 Å². The number of hydrogen-bond donors (Lipinski definition) is 2. The van der Waals surface area contributed by atoms with Crippen LogP contribution in [-0.4, -0.2) is 16.2 Å². The molecule has 0 bridgehead atoms. The van der Waals surface area contributed by atoms with Crippen LogP contribution in [0.25, 0.3) is 0 Å². The van der Waals surface area contributed by atoms with E-state index in [1.54, 1.807) is 0 Å². The van der Waals surface area contributed by atoms with E-state index in [0.717, 1.165) is 12.2 Å². The number of aliphatic carboxylic acids is 1. The highest BCUT2D eigenvalue weighted by molar-refractivity contribution is 5.90. The van der Waals surface area contributed by atoms with Gasteiger partial charge in [-0.05, 0) is 6.08 Å². The zero-order chi connectivity index (χ0) is 8.15. The van der Waals surface area contributed by atoms with Gasteiger partial charge in [0.2, 0.25) is 0 Å². The van der Waals surface area contributed by atoms with Gasteiger partial charge in [-0.15, -0.1) is 0 Å². The van der Waals surface area contributed by atoms with Crippen LogP contribution in [0.15, 0.2) is 36.6 Å². The van der Waals surface area contributed by atoms with E-state index in [0.29, 0.717) is 0 Å². The predicted molar refractivity (Wildman–Crippen MR) is 37.7 cm³/mol. The van der Waals surface area contributed by atoms with Crippen LogP contribution < -0.4 is 0 Å². The predicted octanol–water partition coefficient (Wildman–Crippen LogP) is 1.26. The molecule has 10 heavy (non-hydrogen) atoms. The molecule has 0 saturated heterocycles. The van der Waals surface area contributed by atoms with Gasteiger partial charge in [-0.25, -0.2) is 4.79 Å². The summed E-state index contributed by atoms with van der Waals surface area (Å²) in [6.45, 7) is 6.33. The maximum atomic E-state index is 10.2. The van der Waals surface area contributed by atoms with E-state index in [9.17, 15) is 4.79 Å². The van der Waals surface area contributed by atoms with Gasteiger partial charge in [-0.3, -0.25) is 0 Å². The van der Waals surface area contributed by atoms with Gasteiger partial charge in [0, 0.05) is 0 Å². The molecule has 0 aromatic rings. The van der Waals surface area contributed by atoms with Crippen molar-refractivity contribution in [3.63, 3.8) is 0 Å². The van der Waals surface area contributed by atoms with E-state index in [1.165, 1.54) is 0 Å². The Morgan fingerprint density at radius 1 is 1.40 bits per heavy atom. The van der Waals surface area contributed by atoms with Crippen LogP contribution in [0.3, 0.4) is 0 Å². The first kappa shape index (κ1) is 8.49. The van der Waals surface area contributed by atoms with Crippen molar-refractivity contribution in [3.05, 3.63) is 36.6 Å². The summed E-state index contributed by atoms with van der Waals surface area (Å²) in [5, 5.41) is 16.9. The van der Waals surface area contributed by atoms with Gasteiger partial charge in [0.1, 0.15) is 5.76 Å². The molecule has 0 amide bonds. The minimum Gasteiger partial charge on any atom is -0.509 e. The number of carboxylic acid groups (broad SMARTS) is 1. The lowest BCUT2D eigenvalue weighted by atomic mass is 10.2. The smallest absolute Gasteiger partial charge is 0.335 e. The SMILES string of the molecule is C=C/C(=C\C(=C)O)C(=O)O. The Morgan fingerprint density at radius 2 is 1.90 bits per heavy atom. The van der Waals surface area contributed by atoms with Crippen LogP contribution in [0.1, 0.15) is 0 Å². The lowest BCUT2D eigenvalue weighted by Gasteiger charge is -1.91. The lowest BCUT2D eigenvalue weighted by molar-refractivity contribution is -0.132. The normalized spacial score (nSPS) is 10.6. The standard InChI is InChI=1S/C7H8O3/c1-3-6(7(9)10)4-5(2)8/h3-4,8H,1-2H2,(H,9,10)/b6-4+. The molecule has 0 aromatic heterocycles. The van der Waals surface area contributed by atoms with Crippen molar-refractivity contribution >= 4 is 5.97 Å². The number of carbonyl (C=O) groups is 1. The Balaban J connectivity index is 4.49. The fraction of sp³-hybridized carbons (Fsp3) is 0. The molecule has 0 radical (unpaired) electrons. The molecule has 2 N–H and O–H groups in total. The highest BCUT2D eigenvalue weighted by atomic mass is 16.4. The van der Waals surface area contributed by atoms with Crippen molar-refractivity contribution in [3.8, 4) is 0 Å². The van der Waals surface area contributed by atoms with E-state index >= 15 is 0 Å². The molecule has 0 aliphatic heterocycles. The molecule has 0 aromatic carbocycles. The first-order valence-electron chi connectivity index (χ1n) is 2.53. The summed E-state index contributed by atoms with van der Waals surface area (Å²) in [6, 6.07) is 0. The number of aliphatic hydroxyl groups is 1. The number of carboxylic acids is 1. The Bertz CT molecular complexity index is 201. The quantitative estimate of drug-likeness (QED) is 0.352. The molecule has 0 rings (SSSR count). The number of hydrogen-bond acceptors (Lipinski definition) is 2. The fourth-order valence-electron chi connectivity index (χ4n) is 0.387. The van der Waals surface area contributed by atoms with Crippen molar-refractivity contribution in [1.82, 2.24) is 0 Å². The molecule has 0 saturated carbocycles. The van der Waals surface area contributed by atoms with Crippen molar-refractivity contribution in [2.24, 2.45) is 0 Å². The zero-order valence-electron chi connectivity index (χ0n) is 5.37. The average Bonchev–Trinajstić information content (AvgIpc) is 1.81. The monoisotopic (exact) mass is 140 g/mol. The Morgan fingerprint density at radius 3 is 2.00 bits per heavy atom. The maximum absolute atomic E-state index is 10.2. The first-order chi connectivity index (χ1) is 4.57. The molecule has 0 unspecified atom stereocenters. The van der Waals surface area contributed by atoms with E-state index in [2.05, 4.69) is 13.2 Å². The van der Waals surface area contributed by atoms with E-state index in [-0.39, 0.29) is 11.3 Å². The third kappa shape index (κ3) is 2.71. The third-order valence-corrected chi connectivity index (χ3v) is 0.789. The van der Waals surface area contributed by atoms with Gasteiger partial charge in [0.15, 0.2) is 0 Å². The van der Waals surface area contributed by atoms with E-state index in [4.69, 9.17) is 10.2 Å². The molecule has 0 atom stereocenters. The highest BCUT2D eigenvalue weighted by Crippen LogP contribution is 1.98. The first-order valence-corrected chi connectivity index (χ1v) is 2.53. The topological polar surface area (TPSA) is 57.5 Å². The van der Waals surface area contributed by atoms with Gasteiger partial charge in [-0.2, -0.15) is 0 Å². The molecule has 0 fully saturated rings. The van der Waals surface area contributed by atoms with E-state index < -0.39 is 5.97 Å². The Hall–Kier alpha value is -1.51. The summed E-state index contributed by atoms with van der Waals surface area (Å²) in [5.74, 6) is -1.43. The van der Waals surface area contributed by atoms with E-state index in [1.807, 2.05) is 0 Å². The summed E-state index contributed by atoms with van der Waals surface area (Å²) in [5.41, 5.74) is -0.0764. The van der Waals surface area contributed by atoms with Gasteiger partial charge in [0.05, 0.1) is 5.57 Å². The van der Waals surface area contributed by atoms with Crippen LogP contribution in [0, 0.1) is 0 Å². The van der Waals surface area contributed by atoms with Crippen LogP contribution in [0.5, 0.6) is 0 Å². The fourth-order valence-corrected chi connectivity index (χ4v) is 0.387. The Kier molecular flexibility index (Phi) is 2.97. The summed E-state index contributed by atoms with van der Waals surface area (Å²) in [4.78, 5) is 10.2.